The van der Waals surface area contributed by atoms with Crippen LogP contribution < -0.4 is 0 Å². The molecule has 0 N–H and O–H groups in total. The first-order valence-corrected chi connectivity index (χ1v) is 7.98. The Labute approximate surface area is 130 Å². The normalized spacial score (nSPS) is 32.8. The van der Waals surface area contributed by atoms with Gasteiger partial charge in [-0.15, -0.1) is 0 Å². The molecular weight excluding hydrogens is 287 g/mol. The molecule has 1 aromatic carbocycles. The molecule has 0 radical (unpaired) electrons. The van der Waals surface area contributed by atoms with Gasteiger partial charge in [0.1, 0.15) is 5.82 Å². The minimum Gasteiger partial charge on any atom is -0.352 e. The lowest BCUT2D eigenvalue weighted by Gasteiger charge is -2.37. The predicted molar refractivity (Wildman–Crippen MR) is 78.6 cm³/mol. The average Bonchev–Trinajstić information content (AvgIpc) is 2.57. The van der Waals surface area contributed by atoms with Crippen molar-refractivity contribution < 1.29 is 23.3 Å². The minimum absolute atomic E-state index is 0.0827. The van der Waals surface area contributed by atoms with Gasteiger partial charge in [-0.2, -0.15) is 0 Å². The summed E-state index contributed by atoms with van der Waals surface area (Å²) in [4.78, 5) is 0. The SMILES string of the molecule is CCCC1COC(C2COC(c3ccc(F)cc3)OC2)OC1. The van der Waals surface area contributed by atoms with Crippen molar-refractivity contribution >= 4 is 0 Å². The molecular formula is C17H23FO4. The van der Waals surface area contributed by atoms with E-state index >= 15 is 0 Å². The molecule has 2 saturated heterocycles. The summed E-state index contributed by atoms with van der Waals surface area (Å²) >= 11 is 0. The highest BCUT2D eigenvalue weighted by Crippen LogP contribution is 2.29. The second kappa shape index (κ2) is 7.51. The van der Waals surface area contributed by atoms with Crippen molar-refractivity contribution in [2.24, 2.45) is 11.8 Å². The zero-order chi connectivity index (χ0) is 15.4. The first kappa shape index (κ1) is 15.9. The Morgan fingerprint density at radius 1 is 0.955 bits per heavy atom. The van der Waals surface area contributed by atoms with Crippen LogP contribution in [-0.2, 0) is 18.9 Å². The summed E-state index contributed by atoms with van der Waals surface area (Å²) in [5.74, 6) is 0.320. The molecule has 0 saturated carbocycles. The third kappa shape index (κ3) is 3.84. The molecule has 5 heteroatoms. The molecule has 122 valence electrons. The van der Waals surface area contributed by atoms with Gasteiger partial charge < -0.3 is 18.9 Å². The van der Waals surface area contributed by atoms with Crippen LogP contribution >= 0.6 is 0 Å². The van der Waals surface area contributed by atoms with Crippen LogP contribution in [0.4, 0.5) is 4.39 Å². The second-order valence-electron chi connectivity index (χ2n) is 6.00. The van der Waals surface area contributed by atoms with E-state index in [9.17, 15) is 4.39 Å². The Bertz CT molecular complexity index is 448. The minimum atomic E-state index is -0.437. The van der Waals surface area contributed by atoms with Gasteiger partial charge in [0.15, 0.2) is 12.6 Å². The monoisotopic (exact) mass is 310 g/mol. The number of rotatable bonds is 4. The van der Waals surface area contributed by atoms with E-state index < -0.39 is 6.29 Å². The van der Waals surface area contributed by atoms with Gasteiger partial charge >= 0.3 is 0 Å². The van der Waals surface area contributed by atoms with Gasteiger partial charge in [0.2, 0.25) is 0 Å². The van der Waals surface area contributed by atoms with Crippen LogP contribution in [0.25, 0.3) is 0 Å². The van der Waals surface area contributed by atoms with Crippen molar-refractivity contribution in [3.8, 4) is 0 Å². The maximum atomic E-state index is 12.9. The van der Waals surface area contributed by atoms with E-state index in [4.69, 9.17) is 18.9 Å². The van der Waals surface area contributed by atoms with Crippen LogP contribution in [0.5, 0.6) is 0 Å². The molecule has 0 atom stereocenters. The smallest absolute Gasteiger partial charge is 0.183 e. The maximum Gasteiger partial charge on any atom is 0.183 e. The third-order valence-corrected chi connectivity index (χ3v) is 4.14. The van der Waals surface area contributed by atoms with Crippen LogP contribution in [0.2, 0.25) is 0 Å². The van der Waals surface area contributed by atoms with Gasteiger partial charge in [-0.25, -0.2) is 4.39 Å². The van der Waals surface area contributed by atoms with E-state index in [2.05, 4.69) is 6.92 Å². The van der Waals surface area contributed by atoms with Crippen molar-refractivity contribution in [1.82, 2.24) is 0 Å². The van der Waals surface area contributed by atoms with Crippen molar-refractivity contribution in [2.75, 3.05) is 26.4 Å². The predicted octanol–water partition coefficient (Wildman–Crippen LogP) is 3.28. The molecule has 22 heavy (non-hydrogen) atoms. The summed E-state index contributed by atoms with van der Waals surface area (Å²) in [5, 5.41) is 0. The lowest BCUT2D eigenvalue weighted by atomic mass is 10.0. The molecule has 1 aromatic rings. The number of hydrogen-bond donors (Lipinski definition) is 0. The van der Waals surface area contributed by atoms with Crippen molar-refractivity contribution in [3.63, 3.8) is 0 Å². The van der Waals surface area contributed by atoms with E-state index in [1.807, 2.05) is 0 Å². The zero-order valence-corrected chi connectivity index (χ0v) is 12.9. The quantitative estimate of drug-likeness (QED) is 0.855. The van der Waals surface area contributed by atoms with Gasteiger partial charge in [-0.3, -0.25) is 0 Å². The zero-order valence-electron chi connectivity index (χ0n) is 12.9. The Hall–Kier alpha value is -1.01. The number of hydrogen-bond acceptors (Lipinski definition) is 4. The Balaban J connectivity index is 1.47. The van der Waals surface area contributed by atoms with Gasteiger partial charge in [0.05, 0.1) is 32.3 Å². The Morgan fingerprint density at radius 3 is 2.18 bits per heavy atom. The summed E-state index contributed by atoms with van der Waals surface area (Å²) < 4.78 is 36.0. The molecule has 2 aliphatic rings. The molecule has 0 aliphatic carbocycles. The maximum absolute atomic E-state index is 12.9. The van der Waals surface area contributed by atoms with E-state index in [0.29, 0.717) is 19.1 Å². The molecule has 4 nitrogen and oxygen atoms in total. The third-order valence-electron chi connectivity index (χ3n) is 4.14. The van der Waals surface area contributed by atoms with E-state index in [-0.39, 0.29) is 18.0 Å². The van der Waals surface area contributed by atoms with Gasteiger partial charge in [0, 0.05) is 11.5 Å². The summed E-state index contributed by atoms with van der Waals surface area (Å²) in [5.41, 5.74) is 0.827. The molecule has 0 aromatic heterocycles. The second-order valence-corrected chi connectivity index (χ2v) is 6.00. The Kier molecular flexibility index (Phi) is 5.41. The molecule has 2 heterocycles. The molecule has 0 amide bonds. The number of ether oxygens (including phenoxy) is 4. The highest BCUT2D eigenvalue weighted by atomic mass is 19.1. The summed E-state index contributed by atoms with van der Waals surface area (Å²) in [6.07, 6.45) is 1.60. The van der Waals surface area contributed by atoms with E-state index in [0.717, 1.165) is 31.6 Å². The molecule has 0 bridgehead atoms. The Morgan fingerprint density at radius 2 is 1.59 bits per heavy atom. The lowest BCUT2D eigenvalue weighted by Crippen LogP contribution is -2.43. The van der Waals surface area contributed by atoms with Crippen LogP contribution in [-0.4, -0.2) is 32.7 Å². The summed E-state index contributed by atoms with van der Waals surface area (Å²) in [6.45, 7) is 4.70. The van der Waals surface area contributed by atoms with Crippen molar-refractivity contribution in [3.05, 3.63) is 35.6 Å². The van der Waals surface area contributed by atoms with Crippen LogP contribution in [0.15, 0.2) is 24.3 Å². The van der Waals surface area contributed by atoms with Gasteiger partial charge in [-0.05, 0) is 18.6 Å². The van der Waals surface area contributed by atoms with Crippen LogP contribution in [0.3, 0.4) is 0 Å². The van der Waals surface area contributed by atoms with E-state index in [1.54, 1.807) is 12.1 Å². The molecule has 2 aliphatic heterocycles. The average molecular weight is 310 g/mol. The van der Waals surface area contributed by atoms with Gasteiger partial charge in [0.25, 0.3) is 0 Å². The first-order valence-electron chi connectivity index (χ1n) is 7.98. The van der Waals surface area contributed by atoms with E-state index in [1.165, 1.54) is 12.1 Å². The first-order chi connectivity index (χ1) is 10.8. The molecule has 0 unspecified atom stereocenters. The standard InChI is InChI=1S/C17H23FO4/c1-2-3-12-8-19-17(20-9-12)14-10-21-16(22-11-14)13-4-6-15(18)7-5-13/h4-7,12,14,16-17H,2-3,8-11H2,1H3. The number of benzene rings is 1. The summed E-state index contributed by atoms with van der Waals surface area (Å²) in [6, 6.07) is 6.19. The fourth-order valence-corrected chi connectivity index (χ4v) is 2.89. The number of halogens is 1. The fourth-order valence-electron chi connectivity index (χ4n) is 2.89. The molecule has 0 spiro atoms. The van der Waals surface area contributed by atoms with Crippen molar-refractivity contribution in [1.29, 1.82) is 0 Å². The molecule has 2 fully saturated rings. The van der Waals surface area contributed by atoms with Crippen LogP contribution in [0.1, 0.15) is 31.6 Å². The lowest BCUT2D eigenvalue weighted by molar-refractivity contribution is -0.283. The van der Waals surface area contributed by atoms with Crippen molar-refractivity contribution in [2.45, 2.75) is 32.3 Å². The fraction of sp³-hybridized carbons (Fsp3) is 0.647. The summed E-state index contributed by atoms with van der Waals surface area (Å²) in [7, 11) is 0. The topological polar surface area (TPSA) is 36.9 Å². The largest absolute Gasteiger partial charge is 0.352 e. The van der Waals surface area contributed by atoms with Crippen LogP contribution in [0, 0.1) is 17.7 Å². The molecule has 3 rings (SSSR count). The van der Waals surface area contributed by atoms with Gasteiger partial charge in [-0.1, -0.05) is 25.5 Å². The highest BCUT2D eigenvalue weighted by molar-refractivity contribution is 5.17. The highest BCUT2D eigenvalue weighted by Gasteiger charge is 2.33.